The number of carbonyl (C=O) groups is 2. The van der Waals surface area contributed by atoms with Gasteiger partial charge in [0, 0.05) is 28.3 Å². The summed E-state index contributed by atoms with van der Waals surface area (Å²) in [6.45, 7) is 3.84. The predicted octanol–water partition coefficient (Wildman–Crippen LogP) is 4.32. The maximum atomic E-state index is 12.4. The molecule has 0 spiro atoms. The third-order valence-corrected chi connectivity index (χ3v) is 4.15. The van der Waals surface area contributed by atoms with Crippen molar-refractivity contribution in [1.82, 2.24) is 4.90 Å². The van der Waals surface area contributed by atoms with Gasteiger partial charge in [0.25, 0.3) is 5.91 Å². The van der Waals surface area contributed by atoms with E-state index in [1.54, 1.807) is 13.1 Å². The van der Waals surface area contributed by atoms with Crippen LogP contribution in [0.3, 0.4) is 0 Å². The third kappa shape index (κ3) is 4.49. The highest BCUT2D eigenvalue weighted by Gasteiger charge is 2.16. The van der Waals surface area contributed by atoms with E-state index < -0.39 is 0 Å². The first-order chi connectivity index (χ1) is 11.3. The fourth-order valence-electron chi connectivity index (χ4n) is 2.26. The van der Waals surface area contributed by atoms with Crippen LogP contribution in [-0.4, -0.2) is 30.3 Å². The van der Waals surface area contributed by atoms with Gasteiger partial charge >= 0.3 is 0 Å². The molecule has 24 heavy (non-hydrogen) atoms. The number of amides is 2. The first kappa shape index (κ1) is 18.3. The molecule has 0 aliphatic heterocycles. The van der Waals surface area contributed by atoms with Gasteiger partial charge in [0.2, 0.25) is 5.91 Å². The number of hydrogen-bond acceptors (Lipinski definition) is 2. The van der Waals surface area contributed by atoms with Crippen LogP contribution < -0.4 is 5.32 Å². The Morgan fingerprint density at radius 1 is 1.08 bits per heavy atom. The summed E-state index contributed by atoms with van der Waals surface area (Å²) in [5.74, 6) is -0.594. The van der Waals surface area contributed by atoms with Crippen LogP contribution in [0.4, 0.5) is 5.69 Å². The minimum Gasteiger partial charge on any atom is -0.332 e. The van der Waals surface area contributed by atoms with Crippen LogP contribution in [0.1, 0.15) is 21.5 Å². The highest BCUT2D eigenvalue weighted by molar-refractivity contribution is 6.35. The fraction of sp³-hybridized carbons (Fsp3) is 0.222. The molecule has 0 aromatic heterocycles. The van der Waals surface area contributed by atoms with E-state index in [0.717, 1.165) is 16.8 Å². The summed E-state index contributed by atoms with van der Waals surface area (Å²) in [6, 6.07) is 10.3. The van der Waals surface area contributed by atoms with Gasteiger partial charge in [-0.1, -0.05) is 35.3 Å². The summed E-state index contributed by atoms with van der Waals surface area (Å²) >= 11 is 11.8. The number of carbonyl (C=O) groups excluding carboxylic acids is 2. The first-order valence-electron chi connectivity index (χ1n) is 7.35. The van der Waals surface area contributed by atoms with Gasteiger partial charge in [0.1, 0.15) is 0 Å². The quantitative estimate of drug-likeness (QED) is 0.877. The zero-order valence-corrected chi connectivity index (χ0v) is 15.2. The lowest BCUT2D eigenvalue weighted by Gasteiger charge is -2.18. The lowest BCUT2D eigenvalue weighted by atomic mass is 10.1. The maximum absolute atomic E-state index is 12.4. The van der Waals surface area contributed by atoms with Gasteiger partial charge in [0.15, 0.2) is 0 Å². The monoisotopic (exact) mass is 364 g/mol. The minimum absolute atomic E-state index is 0.0731. The van der Waals surface area contributed by atoms with Crippen molar-refractivity contribution < 1.29 is 9.59 Å². The van der Waals surface area contributed by atoms with Crippen LogP contribution in [0.2, 0.25) is 10.0 Å². The molecule has 4 nitrogen and oxygen atoms in total. The topological polar surface area (TPSA) is 49.4 Å². The van der Waals surface area contributed by atoms with Crippen LogP contribution in [0.25, 0.3) is 0 Å². The molecule has 0 atom stereocenters. The third-order valence-electron chi connectivity index (χ3n) is 3.72. The largest absolute Gasteiger partial charge is 0.332 e. The molecule has 0 unspecified atom stereocenters. The van der Waals surface area contributed by atoms with Gasteiger partial charge in [-0.15, -0.1) is 0 Å². The van der Waals surface area contributed by atoms with E-state index >= 15 is 0 Å². The summed E-state index contributed by atoms with van der Waals surface area (Å²) in [4.78, 5) is 25.9. The number of anilines is 1. The maximum Gasteiger partial charge on any atom is 0.254 e. The molecule has 2 aromatic rings. The molecule has 6 heteroatoms. The van der Waals surface area contributed by atoms with E-state index in [4.69, 9.17) is 23.2 Å². The average Bonchev–Trinajstić information content (AvgIpc) is 2.50. The summed E-state index contributed by atoms with van der Waals surface area (Å²) < 4.78 is 0. The Labute approximate surface area is 151 Å². The lowest BCUT2D eigenvalue weighted by Crippen LogP contribution is -2.35. The Kier molecular flexibility index (Phi) is 5.86. The smallest absolute Gasteiger partial charge is 0.254 e. The zero-order valence-electron chi connectivity index (χ0n) is 13.7. The van der Waals surface area contributed by atoms with Crippen LogP contribution in [0.15, 0.2) is 36.4 Å². The minimum atomic E-state index is -0.324. The van der Waals surface area contributed by atoms with Crippen molar-refractivity contribution >= 4 is 40.7 Å². The van der Waals surface area contributed by atoms with Crippen LogP contribution in [0, 0.1) is 13.8 Å². The second-order valence-corrected chi connectivity index (χ2v) is 6.49. The van der Waals surface area contributed by atoms with E-state index in [2.05, 4.69) is 5.32 Å². The summed E-state index contributed by atoms with van der Waals surface area (Å²) in [7, 11) is 1.56. The molecule has 0 heterocycles. The van der Waals surface area contributed by atoms with Gasteiger partial charge in [-0.3, -0.25) is 9.59 Å². The molecule has 0 fully saturated rings. The molecule has 2 rings (SSSR count). The van der Waals surface area contributed by atoms with Gasteiger partial charge in [-0.05, 0) is 49.2 Å². The number of hydrogen-bond donors (Lipinski definition) is 1. The van der Waals surface area contributed by atoms with Crippen molar-refractivity contribution in [3.63, 3.8) is 0 Å². The van der Waals surface area contributed by atoms with Crippen molar-refractivity contribution in [3.8, 4) is 0 Å². The first-order valence-corrected chi connectivity index (χ1v) is 8.11. The van der Waals surface area contributed by atoms with Crippen molar-refractivity contribution in [2.45, 2.75) is 13.8 Å². The molecule has 0 saturated carbocycles. The number of nitrogens with zero attached hydrogens (tertiary/aromatic N) is 1. The highest BCUT2D eigenvalue weighted by Crippen LogP contribution is 2.20. The van der Waals surface area contributed by atoms with E-state index in [1.165, 1.54) is 17.0 Å². The van der Waals surface area contributed by atoms with E-state index in [-0.39, 0.29) is 18.4 Å². The molecule has 0 radical (unpaired) electrons. The molecular formula is C18H18Cl2N2O2. The van der Waals surface area contributed by atoms with Gasteiger partial charge < -0.3 is 10.2 Å². The Bertz CT molecular complexity index is 770. The van der Waals surface area contributed by atoms with Crippen molar-refractivity contribution in [3.05, 3.63) is 63.1 Å². The number of rotatable bonds is 4. The molecule has 0 bridgehead atoms. The zero-order chi connectivity index (χ0) is 17.9. The molecule has 126 valence electrons. The number of benzene rings is 2. The van der Waals surface area contributed by atoms with Crippen LogP contribution in [0.5, 0.6) is 0 Å². The molecular weight excluding hydrogens is 347 g/mol. The molecule has 0 saturated heterocycles. The lowest BCUT2D eigenvalue weighted by molar-refractivity contribution is -0.116. The molecule has 2 aromatic carbocycles. The van der Waals surface area contributed by atoms with Crippen molar-refractivity contribution in [2.75, 3.05) is 18.9 Å². The van der Waals surface area contributed by atoms with Crippen LogP contribution in [-0.2, 0) is 4.79 Å². The van der Waals surface area contributed by atoms with Gasteiger partial charge in [0.05, 0.1) is 6.54 Å². The molecule has 1 N–H and O–H groups in total. The molecule has 0 aliphatic carbocycles. The second kappa shape index (κ2) is 7.69. The average molecular weight is 365 g/mol. The Balaban J connectivity index is 2.05. The second-order valence-electron chi connectivity index (χ2n) is 5.61. The van der Waals surface area contributed by atoms with Crippen LogP contribution >= 0.6 is 23.2 Å². The predicted molar refractivity (Wildman–Crippen MR) is 98.0 cm³/mol. The van der Waals surface area contributed by atoms with E-state index in [1.807, 2.05) is 32.0 Å². The molecule has 2 amide bonds. The number of likely N-dealkylation sites (N-methyl/N-ethyl adjacent to an activating group) is 1. The normalized spacial score (nSPS) is 10.4. The standard InChI is InChI=1S/C18H18Cl2N2O2/c1-11-5-4-6-16(12(11)2)21-17(23)10-22(3)18(24)13-7-14(19)9-15(20)8-13/h4-9H,10H2,1-3H3,(H,21,23). The van der Waals surface area contributed by atoms with E-state index in [0.29, 0.717) is 15.6 Å². The SMILES string of the molecule is Cc1cccc(NC(=O)CN(C)C(=O)c2cc(Cl)cc(Cl)c2)c1C. The Hall–Kier alpha value is -2.04. The summed E-state index contributed by atoms with van der Waals surface area (Å²) in [5.41, 5.74) is 3.17. The number of nitrogens with one attached hydrogen (secondary N) is 1. The number of halogens is 2. The van der Waals surface area contributed by atoms with Gasteiger partial charge in [-0.25, -0.2) is 0 Å². The summed E-state index contributed by atoms with van der Waals surface area (Å²) in [6.07, 6.45) is 0. The Morgan fingerprint density at radius 2 is 1.71 bits per heavy atom. The highest BCUT2D eigenvalue weighted by atomic mass is 35.5. The number of aryl methyl sites for hydroxylation is 1. The molecule has 0 aliphatic rings. The van der Waals surface area contributed by atoms with E-state index in [9.17, 15) is 9.59 Å². The fourth-order valence-corrected chi connectivity index (χ4v) is 2.79. The van der Waals surface area contributed by atoms with Crippen molar-refractivity contribution in [2.24, 2.45) is 0 Å². The van der Waals surface area contributed by atoms with Crippen molar-refractivity contribution in [1.29, 1.82) is 0 Å². The summed E-state index contributed by atoms with van der Waals surface area (Å²) in [5, 5.41) is 3.57. The van der Waals surface area contributed by atoms with Gasteiger partial charge in [-0.2, -0.15) is 0 Å². The Morgan fingerprint density at radius 3 is 2.33 bits per heavy atom.